The first-order valence-corrected chi connectivity index (χ1v) is 7.01. The zero-order chi connectivity index (χ0) is 16.3. The first kappa shape index (κ1) is 16.0. The van der Waals surface area contributed by atoms with Crippen LogP contribution < -0.4 is 18.9 Å². The molecule has 22 heavy (non-hydrogen) atoms. The van der Waals surface area contributed by atoms with E-state index in [1.807, 2.05) is 32.0 Å². The monoisotopic (exact) mass is 302 g/mol. The zero-order valence-corrected chi connectivity index (χ0v) is 13.9. The number of aryl methyl sites for hydroxylation is 2. The van der Waals surface area contributed by atoms with Crippen LogP contribution in [0, 0.1) is 13.8 Å². The van der Waals surface area contributed by atoms with Gasteiger partial charge in [0.1, 0.15) is 5.75 Å². The Hall–Kier alpha value is -2.36. The van der Waals surface area contributed by atoms with Crippen LogP contribution in [0.2, 0.25) is 0 Å². The molecule has 0 aliphatic rings. The summed E-state index contributed by atoms with van der Waals surface area (Å²) >= 11 is 0. The van der Waals surface area contributed by atoms with E-state index in [1.54, 1.807) is 28.4 Å². The van der Waals surface area contributed by atoms with Crippen LogP contribution in [-0.2, 0) is 0 Å². The number of rotatable bonds is 5. The molecular weight excluding hydrogens is 280 g/mol. The molecule has 2 aromatic rings. The van der Waals surface area contributed by atoms with Gasteiger partial charge >= 0.3 is 0 Å². The van der Waals surface area contributed by atoms with Gasteiger partial charge in [-0.1, -0.05) is 6.07 Å². The van der Waals surface area contributed by atoms with Crippen molar-refractivity contribution in [2.45, 2.75) is 13.8 Å². The molecule has 0 bridgehead atoms. The number of hydrogen-bond donors (Lipinski definition) is 0. The minimum Gasteiger partial charge on any atom is -0.497 e. The van der Waals surface area contributed by atoms with Crippen molar-refractivity contribution in [2.75, 3.05) is 28.4 Å². The molecule has 118 valence electrons. The summed E-state index contributed by atoms with van der Waals surface area (Å²) in [5, 5.41) is 0. The van der Waals surface area contributed by atoms with Crippen LogP contribution in [0.25, 0.3) is 11.1 Å². The molecule has 2 aromatic carbocycles. The maximum atomic E-state index is 5.59. The molecule has 0 saturated carbocycles. The highest BCUT2D eigenvalue weighted by atomic mass is 16.5. The van der Waals surface area contributed by atoms with Crippen molar-refractivity contribution in [1.82, 2.24) is 0 Å². The molecule has 0 heterocycles. The van der Waals surface area contributed by atoms with E-state index in [0.29, 0.717) is 17.2 Å². The lowest BCUT2D eigenvalue weighted by Gasteiger charge is -2.19. The molecule has 0 N–H and O–H groups in total. The third-order valence-electron chi connectivity index (χ3n) is 3.71. The summed E-state index contributed by atoms with van der Waals surface area (Å²) in [7, 11) is 6.54. The van der Waals surface area contributed by atoms with Crippen molar-refractivity contribution in [1.29, 1.82) is 0 Å². The van der Waals surface area contributed by atoms with E-state index in [4.69, 9.17) is 18.9 Å². The van der Waals surface area contributed by atoms with E-state index in [9.17, 15) is 0 Å². The van der Waals surface area contributed by atoms with E-state index in [0.717, 1.165) is 28.0 Å². The van der Waals surface area contributed by atoms with Gasteiger partial charge in [0.2, 0.25) is 5.75 Å². The van der Waals surface area contributed by atoms with Gasteiger partial charge in [-0.25, -0.2) is 0 Å². The van der Waals surface area contributed by atoms with Crippen LogP contribution >= 0.6 is 0 Å². The highest BCUT2D eigenvalue weighted by Crippen LogP contribution is 2.47. The van der Waals surface area contributed by atoms with E-state index in [-0.39, 0.29) is 0 Å². The summed E-state index contributed by atoms with van der Waals surface area (Å²) in [5.74, 6) is 2.79. The molecule has 0 amide bonds. The minimum atomic E-state index is 0.607. The number of methoxy groups -OCH3 is 4. The van der Waals surface area contributed by atoms with Gasteiger partial charge < -0.3 is 18.9 Å². The summed E-state index contributed by atoms with van der Waals surface area (Å²) < 4.78 is 21.8. The number of benzene rings is 2. The fourth-order valence-corrected chi connectivity index (χ4v) is 2.66. The second kappa shape index (κ2) is 6.60. The van der Waals surface area contributed by atoms with Crippen molar-refractivity contribution in [3.05, 3.63) is 35.4 Å². The van der Waals surface area contributed by atoms with Crippen molar-refractivity contribution < 1.29 is 18.9 Å². The highest BCUT2D eigenvalue weighted by Gasteiger charge is 2.20. The number of hydrogen-bond acceptors (Lipinski definition) is 4. The molecular formula is C18H22O4. The van der Waals surface area contributed by atoms with Gasteiger partial charge in [0.15, 0.2) is 11.5 Å². The van der Waals surface area contributed by atoms with Crippen LogP contribution in [0.4, 0.5) is 0 Å². The summed E-state index contributed by atoms with van der Waals surface area (Å²) in [4.78, 5) is 0. The normalized spacial score (nSPS) is 10.3. The molecule has 0 radical (unpaired) electrons. The molecule has 0 aliphatic carbocycles. The van der Waals surface area contributed by atoms with Gasteiger partial charge in [0.25, 0.3) is 0 Å². The van der Waals surface area contributed by atoms with E-state index in [2.05, 4.69) is 6.07 Å². The third-order valence-corrected chi connectivity index (χ3v) is 3.71. The molecule has 0 atom stereocenters. The Morgan fingerprint density at radius 3 is 1.73 bits per heavy atom. The SMILES string of the molecule is COc1ccc(-c2cc(C)c(OC)c(OC)c2OC)c(C)c1. The lowest BCUT2D eigenvalue weighted by Crippen LogP contribution is -2.00. The maximum Gasteiger partial charge on any atom is 0.204 e. The first-order chi connectivity index (χ1) is 10.6. The quantitative estimate of drug-likeness (QED) is 0.836. The Morgan fingerprint density at radius 1 is 0.591 bits per heavy atom. The molecule has 0 aliphatic heterocycles. The first-order valence-electron chi connectivity index (χ1n) is 7.01. The predicted octanol–water partition coefficient (Wildman–Crippen LogP) is 4.00. The van der Waals surface area contributed by atoms with Crippen molar-refractivity contribution >= 4 is 0 Å². The van der Waals surface area contributed by atoms with Crippen molar-refractivity contribution in [3.63, 3.8) is 0 Å². The minimum absolute atomic E-state index is 0.607. The van der Waals surface area contributed by atoms with E-state index < -0.39 is 0 Å². The average molecular weight is 302 g/mol. The lowest BCUT2D eigenvalue weighted by molar-refractivity contribution is 0.324. The van der Waals surface area contributed by atoms with E-state index >= 15 is 0 Å². The van der Waals surface area contributed by atoms with Crippen LogP contribution in [0.1, 0.15) is 11.1 Å². The molecule has 0 unspecified atom stereocenters. The van der Waals surface area contributed by atoms with Crippen LogP contribution in [0.3, 0.4) is 0 Å². The van der Waals surface area contributed by atoms with Crippen LogP contribution in [-0.4, -0.2) is 28.4 Å². The third kappa shape index (κ3) is 2.69. The molecule has 0 saturated heterocycles. The highest BCUT2D eigenvalue weighted by molar-refractivity contribution is 5.80. The van der Waals surface area contributed by atoms with Crippen LogP contribution in [0.5, 0.6) is 23.0 Å². The molecule has 0 aromatic heterocycles. The Balaban J connectivity index is 2.72. The molecule has 0 fully saturated rings. The van der Waals surface area contributed by atoms with Gasteiger partial charge in [-0.3, -0.25) is 0 Å². The zero-order valence-electron chi connectivity index (χ0n) is 13.9. The second-order valence-electron chi connectivity index (χ2n) is 5.02. The largest absolute Gasteiger partial charge is 0.497 e. The fourth-order valence-electron chi connectivity index (χ4n) is 2.66. The van der Waals surface area contributed by atoms with Crippen molar-refractivity contribution in [2.24, 2.45) is 0 Å². The smallest absolute Gasteiger partial charge is 0.204 e. The van der Waals surface area contributed by atoms with Gasteiger partial charge in [0, 0.05) is 5.56 Å². The Morgan fingerprint density at radius 2 is 1.23 bits per heavy atom. The second-order valence-corrected chi connectivity index (χ2v) is 5.02. The van der Waals surface area contributed by atoms with Gasteiger partial charge in [0.05, 0.1) is 28.4 Å². The fraction of sp³-hybridized carbons (Fsp3) is 0.333. The maximum absolute atomic E-state index is 5.59. The van der Waals surface area contributed by atoms with Crippen molar-refractivity contribution in [3.8, 4) is 34.1 Å². The molecule has 4 nitrogen and oxygen atoms in total. The van der Waals surface area contributed by atoms with Gasteiger partial charge in [-0.2, -0.15) is 0 Å². The standard InChI is InChI=1S/C18H22O4/c1-11-9-13(19-3)7-8-14(11)15-10-12(2)16(20-4)18(22-6)17(15)21-5/h7-10H,1-6H3. The predicted molar refractivity (Wildman–Crippen MR) is 87.6 cm³/mol. The average Bonchev–Trinajstić information content (AvgIpc) is 2.53. The summed E-state index contributed by atoms with van der Waals surface area (Å²) in [5.41, 5.74) is 4.13. The van der Waals surface area contributed by atoms with E-state index in [1.165, 1.54) is 0 Å². The van der Waals surface area contributed by atoms with Gasteiger partial charge in [-0.15, -0.1) is 0 Å². The summed E-state index contributed by atoms with van der Waals surface area (Å²) in [6.45, 7) is 4.03. The molecule has 0 spiro atoms. The Labute approximate surface area is 131 Å². The van der Waals surface area contributed by atoms with Crippen LogP contribution in [0.15, 0.2) is 24.3 Å². The number of ether oxygens (including phenoxy) is 4. The topological polar surface area (TPSA) is 36.9 Å². The van der Waals surface area contributed by atoms with Gasteiger partial charge in [-0.05, 0) is 48.7 Å². The molecule has 4 heteroatoms. The summed E-state index contributed by atoms with van der Waals surface area (Å²) in [6.07, 6.45) is 0. The summed E-state index contributed by atoms with van der Waals surface area (Å²) in [6, 6.07) is 8.01. The Kier molecular flexibility index (Phi) is 4.81. The lowest BCUT2D eigenvalue weighted by atomic mass is 9.96. The molecule has 2 rings (SSSR count). The Bertz CT molecular complexity index is 677.